The average Bonchev–Trinajstić information content (AvgIpc) is 3.22. The molecule has 0 spiro atoms. The third-order valence-corrected chi connectivity index (χ3v) is 6.48. The Morgan fingerprint density at radius 1 is 1.07 bits per heavy atom. The normalized spacial score (nSPS) is 10.6. The van der Waals surface area contributed by atoms with E-state index in [9.17, 15) is 14.0 Å². The number of halogens is 1. The van der Waals surface area contributed by atoms with Crippen molar-refractivity contribution in [3.8, 4) is 0 Å². The highest BCUT2D eigenvalue weighted by Gasteiger charge is 2.14. The summed E-state index contributed by atoms with van der Waals surface area (Å²) in [6.45, 7) is 0.454. The Hall–Kier alpha value is -2.43. The van der Waals surface area contributed by atoms with Crippen molar-refractivity contribution < 1.29 is 14.0 Å². The number of carbonyl (C=O) groups excluding carboxylic acids is 2. The van der Waals surface area contributed by atoms with Gasteiger partial charge in [-0.15, -0.1) is 22.0 Å². The van der Waals surface area contributed by atoms with Crippen LogP contribution in [0.1, 0.15) is 15.4 Å². The van der Waals surface area contributed by atoms with E-state index in [2.05, 4.69) is 20.8 Å². The number of carbonyl (C=O) groups is 2. The van der Waals surface area contributed by atoms with Gasteiger partial charge in [0.25, 0.3) is 5.91 Å². The number of nitrogens with one attached hydrogen (secondary N) is 2. The molecule has 0 atom stereocenters. The number of rotatable bonds is 8. The number of hydrogen-bond donors (Lipinski definition) is 2. The Bertz CT molecular complexity index is 978. The Balaban J connectivity index is 1.44. The van der Waals surface area contributed by atoms with Crippen LogP contribution in [0.25, 0.3) is 0 Å². The van der Waals surface area contributed by atoms with E-state index in [0.29, 0.717) is 16.6 Å². The first-order valence-corrected chi connectivity index (χ1v) is 11.5. The van der Waals surface area contributed by atoms with Crippen molar-refractivity contribution in [3.05, 3.63) is 64.9 Å². The second kappa shape index (κ2) is 10.4. The Kier molecular flexibility index (Phi) is 7.62. The monoisotopic (exact) mass is 448 g/mol. The van der Waals surface area contributed by atoms with Gasteiger partial charge in [0.15, 0.2) is 4.34 Å². The van der Waals surface area contributed by atoms with Crippen LogP contribution < -0.4 is 10.6 Å². The molecule has 2 amide bonds. The predicted molar refractivity (Wildman–Crippen MR) is 115 cm³/mol. The molecular weight excluding hydrogens is 431 g/mol. The number of aromatic nitrogens is 2. The topological polar surface area (TPSA) is 84.0 Å². The lowest BCUT2D eigenvalue weighted by Gasteiger charge is -2.05. The summed E-state index contributed by atoms with van der Waals surface area (Å²) in [4.78, 5) is 25.4. The van der Waals surface area contributed by atoms with Gasteiger partial charge in [0, 0.05) is 17.1 Å². The molecule has 0 aliphatic heterocycles. The number of anilines is 1. The van der Waals surface area contributed by atoms with Crippen molar-refractivity contribution in [2.24, 2.45) is 0 Å². The van der Waals surface area contributed by atoms with Crippen molar-refractivity contribution >= 4 is 52.4 Å². The molecule has 1 aromatic heterocycles. The first kappa shape index (κ1) is 21.3. The molecule has 0 saturated carbocycles. The van der Waals surface area contributed by atoms with Crippen LogP contribution in [-0.2, 0) is 11.3 Å². The molecule has 0 saturated heterocycles. The zero-order valence-corrected chi connectivity index (χ0v) is 17.8. The van der Waals surface area contributed by atoms with E-state index in [1.54, 1.807) is 11.8 Å². The molecule has 29 heavy (non-hydrogen) atoms. The SMILES string of the molecule is CSc1ccc(CNC(=O)CSc2nnc(C(=O)Nc3ccc(F)cc3)s2)cc1. The van der Waals surface area contributed by atoms with Gasteiger partial charge in [-0.25, -0.2) is 4.39 Å². The quantitative estimate of drug-likeness (QED) is 0.506. The van der Waals surface area contributed by atoms with Crippen LogP contribution in [-0.4, -0.2) is 34.0 Å². The Labute approximate surface area is 179 Å². The summed E-state index contributed by atoms with van der Waals surface area (Å²) >= 11 is 3.98. The zero-order chi connectivity index (χ0) is 20.6. The standard InChI is InChI=1S/C19H17FN4O2S3/c1-27-15-8-2-12(3-9-15)10-21-16(25)11-28-19-24-23-18(29-19)17(26)22-14-6-4-13(20)5-7-14/h2-9H,10-11H2,1H3,(H,21,25)(H,22,26). The van der Waals surface area contributed by atoms with Crippen LogP contribution >= 0.6 is 34.9 Å². The molecule has 3 aromatic rings. The van der Waals surface area contributed by atoms with Crippen LogP contribution in [0.4, 0.5) is 10.1 Å². The van der Waals surface area contributed by atoms with Crippen LogP contribution in [0.2, 0.25) is 0 Å². The van der Waals surface area contributed by atoms with Gasteiger partial charge in [0.1, 0.15) is 5.82 Å². The summed E-state index contributed by atoms with van der Waals surface area (Å²) in [6.07, 6.45) is 2.01. The third kappa shape index (κ3) is 6.55. The van der Waals surface area contributed by atoms with Gasteiger partial charge in [0.05, 0.1) is 5.75 Å². The minimum atomic E-state index is -0.431. The van der Waals surface area contributed by atoms with Crippen LogP contribution in [0.5, 0.6) is 0 Å². The van der Waals surface area contributed by atoms with Crippen molar-refractivity contribution in [3.63, 3.8) is 0 Å². The van der Waals surface area contributed by atoms with Crippen LogP contribution in [0.3, 0.4) is 0 Å². The van der Waals surface area contributed by atoms with Crippen LogP contribution in [0, 0.1) is 5.82 Å². The Morgan fingerprint density at radius 3 is 2.48 bits per heavy atom. The third-order valence-electron chi connectivity index (χ3n) is 3.68. The molecule has 0 fully saturated rings. The first-order chi connectivity index (χ1) is 14.0. The zero-order valence-electron chi connectivity index (χ0n) is 15.3. The maximum absolute atomic E-state index is 12.9. The molecule has 0 unspecified atom stereocenters. The number of benzene rings is 2. The van der Waals surface area contributed by atoms with Crippen molar-refractivity contribution in [1.29, 1.82) is 0 Å². The van der Waals surface area contributed by atoms with E-state index >= 15 is 0 Å². The molecule has 1 heterocycles. The Morgan fingerprint density at radius 2 is 1.79 bits per heavy atom. The number of hydrogen-bond acceptors (Lipinski definition) is 7. The summed E-state index contributed by atoms with van der Waals surface area (Å²) in [5.41, 5.74) is 1.49. The van der Waals surface area contributed by atoms with Crippen molar-refractivity contribution in [2.45, 2.75) is 15.8 Å². The van der Waals surface area contributed by atoms with Crippen LogP contribution in [0.15, 0.2) is 57.8 Å². The van der Waals surface area contributed by atoms with Crippen molar-refractivity contribution in [1.82, 2.24) is 15.5 Å². The molecule has 3 rings (SSSR count). The van der Waals surface area contributed by atoms with Gasteiger partial charge < -0.3 is 10.6 Å². The van der Waals surface area contributed by atoms with Gasteiger partial charge in [0.2, 0.25) is 10.9 Å². The fourth-order valence-corrected chi connectivity index (χ4v) is 4.19. The summed E-state index contributed by atoms with van der Waals surface area (Å²) in [6, 6.07) is 13.4. The van der Waals surface area contributed by atoms with E-state index in [-0.39, 0.29) is 22.5 Å². The lowest BCUT2D eigenvalue weighted by atomic mass is 10.2. The molecule has 2 aromatic carbocycles. The van der Waals surface area contributed by atoms with E-state index in [1.165, 1.54) is 40.9 Å². The van der Waals surface area contributed by atoms with E-state index in [1.807, 2.05) is 30.5 Å². The van der Waals surface area contributed by atoms with E-state index in [0.717, 1.165) is 16.9 Å². The van der Waals surface area contributed by atoms with Crippen molar-refractivity contribution in [2.75, 3.05) is 17.3 Å². The molecule has 6 nitrogen and oxygen atoms in total. The molecule has 0 radical (unpaired) electrons. The number of thioether (sulfide) groups is 2. The molecule has 0 aliphatic rings. The van der Waals surface area contributed by atoms with Gasteiger partial charge in [-0.05, 0) is 48.2 Å². The van der Waals surface area contributed by atoms with Gasteiger partial charge in [-0.3, -0.25) is 9.59 Å². The maximum Gasteiger partial charge on any atom is 0.286 e. The second-order valence-electron chi connectivity index (χ2n) is 5.75. The largest absolute Gasteiger partial charge is 0.351 e. The predicted octanol–water partition coefficient (Wildman–Crippen LogP) is 4.06. The minimum absolute atomic E-state index is 0.128. The number of amides is 2. The maximum atomic E-state index is 12.9. The van der Waals surface area contributed by atoms with Gasteiger partial charge in [-0.2, -0.15) is 0 Å². The summed E-state index contributed by atoms with van der Waals surface area (Å²) in [5, 5.41) is 13.4. The van der Waals surface area contributed by atoms with E-state index < -0.39 is 5.91 Å². The van der Waals surface area contributed by atoms with E-state index in [4.69, 9.17) is 0 Å². The number of nitrogens with zero attached hydrogens (tertiary/aromatic N) is 2. The smallest absolute Gasteiger partial charge is 0.286 e. The molecule has 0 aliphatic carbocycles. The first-order valence-electron chi connectivity index (χ1n) is 8.46. The molecule has 0 bridgehead atoms. The fraction of sp³-hybridized carbons (Fsp3) is 0.158. The lowest BCUT2D eigenvalue weighted by molar-refractivity contribution is -0.118. The molecule has 150 valence electrons. The fourth-order valence-electron chi connectivity index (χ4n) is 2.20. The average molecular weight is 449 g/mol. The summed E-state index contributed by atoms with van der Waals surface area (Å²) in [5.74, 6) is -0.764. The molecule has 2 N–H and O–H groups in total. The lowest BCUT2D eigenvalue weighted by Crippen LogP contribution is -2.24. The molecular formula is C19H17FN4O2S3. The van der Waals surface area contributed by atoms with Gasteiger partial charge in [-0.1, -0.05) is 35.2 Å². The highest BCUT2D eigenvalue weighted by molar-refractivity contribution is 8.01. The summed E-state index contributed by atoms with van der Waals surface area (Å²) < 4.78 is 13.4. The summed E-state index contributed by atoms with van der Waals surface area (Å²) in [7, 11) is 0. The molecule has 10 heteroatoms. The minimum Gasteiger partial charge on any atom is -0.351 e. The highest BCUT2D eigenvalue weighted by Crippen LogP contribution is 2.23. The highest BCUT2D eigenvalue weighted by atomic mass is 32.2. The van der Waals surface area contributed by atoms with Gasteiger partial charge >= 0.3 is 0 Å². The second-order valence-corrected chi connectivity index (χ2v) is 8.83.